The second-order valence-electron chi connectivity index (χ2n) is 7.10. The molecule has 8 nitrogen and oxygen atoms in total. The second kappa shape index (κ2) is 7.62. The van der Waals surface area contributed by atoms with Crippen LogP contribution in [0.5, 0.6) is 5.75 Å². The van der Waals surface area contributed by atoms with Crippen LogP contribution in [-0.4, -0.2) is 41.9 Å². The highest BCUT2D eigenvalue weighted by molar-refractivity contribution is 6.09. The van der Waals surface area contributed by atoms with Crippen molar-refractivity contribution < 1.29 is 28.7 Å². The summed E-state index contributed by atoms with van der Waals surface area (Å²) in [5, 5.41) is 2.76. The fourth-order valence-corrected chi connectivity index (χ4v) is 3.90. The molecule has 0 bridgehead atoms. The number of hydrogen-bond acceptors (Lipinski definition) is 6. The zero-order valence-corrected chi connectivity index (χ0v) is 16.3. The molecule has 0 unspecified atom stereocenters. The maximum absolute atomic E-state index is 13.1. The van der Waals surface area contributed by atoms with Crippen molar-refractivity contribution in [2.24, 2.45) is 0 Å². The first-order valence-electron chi connectivity index (χ1n) is 9.65. The monoisotopic (exact) mass is 408 g/mol. The number of benzene rings is 2. The highest BCUT2D eigenvalue weighted by atomic mass is 16.5. The van der Waals surface area contributed by atoms with E-state index in [-0.39, 0.29) is 12.4 Å². The molecule has 2 aromatic rings. The van der Waals surface area contributed by atoms with Crippen molar-refractivity contribution in [3.05, 3.63) is 65.2 Å². The molecule has 1 N–H and O–H groups in total. The molecular formula is C22H20N2O6. The molecule has 4 rings (SSSR count). The fraction of sp³-hybridized carbons (Fsp3) is 0.273. The van der Waals surface area contributed by atoms with Crippen molar-refractivity contribution in [2.45, 2.75) is 25.3 Å². The minimum absolute atomic E-state index is 0.195. The molecule has 8 heteroatoms. The molecule has 2 aromatic carbocycles. The van der Waals surface area contributed by atoms with Gasteiger partial charge < -0.3 is 14.8 Å². The van der Waals surface area contributed by atoms with Gasteiger partial charge in [-0.1, -0.05) is 24.3 Å². The molecule has 0 aromatic heterocycles. The number of nitrogens with zero attached hydrogens (tertiary/aromatic N) is 1. The highest BCUT2D eigenvalue weighted by Crippen LogP contribution is 2.41. The normalized spacial score (nSPS) is 19.6. The molecule has 1 heterocycles. The average Bonchev–Trinajstić information content (AvgIpc) is 3.22. The van der Waals surface area contributed by atoms with Crippen LogP contribution in [0.2, 0.25) is 0 Å². The third-order valence-corrected chi connectivity index (χ3v) is 5.31. The lowest BCUT2D eigenvalue weighted by Crippen LogP contribution is -2.42. The molecule has 0 saturated carbocycles. The molecule has 3 amide bonds. The molecule has 0 radical (unpaired) electrons. The maximum Gasteiger partial charge on any atom is 0.338 e. The maximum atomic E-state index is 13.1. The Morgan fingerprint density at radius 2 is 1.83 bits per heavy atom. The third-order valence-electron chi connectivity index (χ3n) is 5.31. The number of hydrogen-bond donors (Lipinski definition) is 1. The minimum Gasteiger partial charge on any atom is -0.462 e. The Labute approximate surface area is 172 Å². The molecule has 1 aliphatic carbocycles. The third kappa shape index (κ3) is 3.30. The van der Waals surface area contributed by atoms with Gasteiger partial charge in [0.05, 0.1) is 12.2 Å². The van der Waals surface area contributed by atoms with Crippen molar-refractivity contribution in [3.8, 4) is 5.75 Å². The summed E-state index contributed by atoms with van der Waals surface area (Å²) in [5.74, 6) is -1.49. The Balaban J connectivity index is 1.44. The van der Waals surface area contributed by atoms with Crippen LogP contribution in [0.25, 0.3) is 0 Å². The lowest BCUT2D eigenvalue weighted by Gasteiger charge is -2.22. The average molecular weight is 408 g/mol. The minimum atomic E-state index is -1.12. The van der Waals surface area contributed by atoms with E-state index >= 15 is 0 Å². The zero-order chi connectivity index (χ0) is 21.3. The fourth-order valence-electron chi connectivity index (χ4n) is 3.90. The summed E-state index contributed by atoms with van der Waals surface area (Å²) < 4.78 is 10.1. The summed E-state index contributed by atoms with van der Waals surface area (Å²) >= 11 is 0. The lowest BCUT2D eigenvalue weighted by molar-refractivity contribution is -0.141. The molecule has 154 valence electrons. The number of carbonyl (C=O) groups is 4. The van der Waals surface area contributed by atoms with E-state index in [2.05, 4.69) is 5.32 Å². The predicted octanol–water partition coefficient (Wildman–Crippen LogP) is 2.16. The molecule has 1 atom stereocenters. The first kappa shape index (κ1) is 19.6. The highest BCUT2D eigenvalue weighted by Gasteiger charge is 2.55. The quantitative estimate of drug-likeness (QED) is 0.462. The summed E-state index contributed by atoms with van der Waals surface area (Å²) in [6.07, 6.45) is 1.13. The molecule has 1 spiro atoms. The Kier molecular flexibility index (Phi) is 4.99. The van der Waals surface area contributed by atoms with Gasteiger partial charge in [0.2, 0.25) is 0 Å². The topological polar surface area (TPSA) is 102 Å². The van der Waals surface area contributed by atoms with Gasteiger partial charge in [-0.25, -0.2) is 14.4 Å². The number of urea groups is 1. The predicted molar refractivity (Wildman–Crippen MR) is 105 cm³/mol. The second-order valence-corrected chi connectivity index (χ2v) is 7.10. The smallest absolute Gasteiger partial charge is 0.338 e. The Morgan fingerprint density at radius 1 is 1.10 bits per heavy atom. The van der Waals surface area contributed by atoms with E-state index in [1.807, 2.05) is 24.3 Å². The Bertz CT molecular complexity index is 1030. The number of amides is 3. The number of fused-ring (bicyclic) bond motifs is 2. The molecule has 1 saturated heterocycles. The van der Waals surface area contributed by atoms with Gasteiger partial charge in [0, 0.05) is 0 Å². The molecule has 1 aliphatic heterocycles. The van der Waals surface area contributed by atoms with E-state index in [1.165, 1.54) is 24.3 Å². The van der Waals surface area contributed by atoms with Crippen molar-refractivity contribution in [3.63, 3.8) is 0 Å². The van der Waals surface area contributed by atoms with E-state index in [0.717, 1.165) is 16.0 Å². The van der Waals surface area contributed by atoms with Gasteiger partial charge in [-0.2, -0.15) is 0 Å². The Morgan fingerprint density at radius 3 is 2.57 bits per heavy atom. The van der Waals surface area contributed by atoms with E-state index in [9.17, 15) is 19.2 Å². The number of ether oxygens (including phenoxy) is 2. The van der Waals surface area contributed by atoms with Gasteiger partial charge in [-0.15, -0.1) is 0 Å². The Hall–Kier alpha value is -3.68. The number of rotatable bonds is 5. The number of esters is 2. The van der Waals surface area contributed by atoms with Crippen molar-refractivity contribution in [2.75, 3.05) is 13.2 Å². The molecule has 2 aliphatic rings. The van der Waals surface area contributed by atoms with Crippen LogP contribution in [-0.2, 0) is 26.3 Å². The van der Waals surface area contributed by atoms with Crippen LogP contribution in [0, 0.1) is 0 Å². The number of imide groups is 1. The first-order valence-corrected chi connectivity index (χ1v) is 9.65. The van der Waals surface area contributed by atoms with Crippen LogP contribution in [0.1, 0.15) is 34.8 Å². The van der Waals surface area contributed by atoms with Gasteiger partial charge in [0.25, 0.3) is 5.91 Å². The molecule has 30 heavy (non-hydrogen) atoms. The number of nitrogens with one attached hydrogen (secondary N) is 1. The van der Waals surface area contributed by atoms with Gasteiger partial charge in [0.15, 0.2) is 0 Å². The SMILES string of the molecule is CCOC(=O)c1ccc(OC(=O)CN2C(=O)N[C@]3(CCc4ccccc43)C2=O)cc1. The lowest BCUT2D eigenvalue weighted by atomic mass is 9.92. The van der Waals surface area contributed by atoms with Gasteiger partial charge >= 0.3 is 18.0 Å². The molecular weight excluding hydrogens is 388 g/mol. The van der Waals surface area contributed by atoms with Crippen molar-refractivity contribution >= 4 is 23.9 Å². The van der Waals surface area contributed by atoms with E-state index in [0.29, 0.717) is 18.4 Å². The van der Waals surface area contributed by atoms with Crippen LogP contribution in [0.15, 0.2) is 48.5 Å². The summed E-state index contributed by atoms with van der Waals surface area (Å²) in [6.45, 7) is 1.46. The zero-order valence-electron chi connectivity index (χ0n) is 16.3. The van der Waals surface area contributed by atoms with E-state index in [4.69, 9.17) is 9.47 Å². The largest absolute Gasteiger partial charge is 0.462 e. The van der Waals surface area contributed by atoms with Crippen LogP contribution >= 0.6 is 0 Å². The van der Waals surface area contributed by atoms with Crippen LogP contribution in [0.4, 0.5) is 4.79 Å². The van der Waals surface area contributed by atoms with Crippen LogP contribution in [0.3, 0.4) is 0 Å². The van der Waals surface area contributed by atoms with Crippen molar-refractivity contribution in [1.29, 1.82) is 0 Å². The summed E-state index contributed by atoms with van der Waals surface area (Å²) in [7, 11) is 0. The summed E-state index contributed by atoms with van der Waals surface area (Å²) in [5.41, 5.74) is 0.994. The van der Waals surface area contributed by atoms with Crippen molar-refractivity contribution in [1.82, 2.24) is 10.2 Å². The first-order chi connectivity index (χ1) is 14.4. The number of aryl methyl sites for hydroxylation is 1. The van der Waals surface area contributed by atoms with E-state index in [1.54, 1.807) is 6.92 Å². The number of carbonyl (C=O) groups excluding carboxylic acids is 4. The van der Waals surface area contributed by atoms with Gasteiger partial charge in [-0.05, 0) is 55.2 Å². The standard InChI is InChI=1S/C22H20N2O6/c1-2-29-19(26)15-7-9-16(10-8-15)30-18(25)13-24-20(27)22(23-21(24)28)12-11-14-5-3-4-6-17(14)22/h3-10H,2,11-13H2,1H3,(H,23,28)/t22-/m0/s1. The summed E-state index contributed by atoms with van der Waals surface area (Å²) in [6, 6.07) is 12.7. The molecule has 1 fully saturated rings. The summed E-state index contributed by atoms with van der Waals surface area (Å²) in [4.78, 5) is 50.4. The van der Waals surface area contributed by atoms with Gasteiger partial charge in [0.1, 0.15) is 17.8 Å². The van der Waals surface area contributed by atoms with Gasteiger partial charge in [-0.3, -0.25) is 9.69 Å². The van der Waals surface area contributed by atoms with Crippen LogP contribution < -0.4 is 10.1 Å². The van der Waals surface area contributed by atoms with E-state index < -0.39 is 36.0 Å².